The molecule has 2 rings (SSSR count). The first-order valence-electron chi connectivity index (χ1n) is 10.1. The van der Waals surface area contributed by atoms with Gasteiger partial charge >= 0.3 is 0 Å². The second-order valence-electron chi connectivity index (χ2n) is 6.80. The van der Waals surface area contributed by atoms with Gasteiger partial charge in [0.25, 0.3) is 0 Å². The van der Waals surface area contributed by atoms with E-state index in [9.17, 15) is 13.2 Å². The summed E-state index contributed by atoms with van der Waals surface area (Å²) >= 11 is 0. The Labute approximate surface area is 173 Å². The van der Waals surface area contributed by atoms with Crippen molar-refractivity contribution in [1.29, 1.82) is 0 Å². The lowest BCUT2D eigenvalue weighted by Crippen LogP contribution is -2.24. The lowest BCUT2D eigenvalue weighted by Gasteiger charge is -2.09. The van der Waals surface area contributed by atoms with Crippen molar-refractivity contribution in [2.45, 2.75) is 50.3 Å². The topological polar surface area (TPSA) is 84.5 Å². The standard InChI is InChI=1S/C22H30N2O4S/c1-2-3-4-8-17-23-29(26,27)21-15-13-19(14-16-21)24-22(25)12-9-18-28-20-10-6-5-7-11-20/h5-7,10-11,13-16,23H,2-4,8-9,12,17-18H2,1H3,(H,24,25). The lowest BCUT2D eigenvalue weighted by atomic mass is 10.2. The van der Waals surface area contributed by atoms with Crippen LogP contribution in [0.2, 0.25) is 0 Å². The number of benzene rings is 2. The van der Waals surface area contributed by atoms with Crippen LogP contribution in [0.25, 0.3) is 0 Å². The molecular formula is C22H30N2O4S. The number of para-hydroxylation sites is 1. The molecule has 0 spiro atoms. The molecule has 0 aliphatic heterocycles. The largest absolute Gasteiger partial charge is 0.494 e. The van der Waals surface area contributed by atoms with Gasteiger partial charge in [0.1, 0.15) is 5.75 Å². The summed E-state index contributed by atoms with van der Waals surface area (Å²) in [5, 5.41) is 2.78. The molecule has 0 saturated heterocycles. The van der Waals surface area contributed by atoms with E-state index >= 15 is 0 Å². The molecule has 2 aromatic carbocycles. The molecule has 2 N–H and O–H groups in total. The number of nitrogens with one attached hydrogen (secondary N) is 2. The zero-order chi connectivity index (χ0) is 21.0. The summed E-state index contributed by atoms with van der Waals surface area (Å²) < 4.78 is 32.7. The van der Waals surface area contributed by atoms with Gasteiger partial charge in [-0.05, 0) is 49.2 Å². The average molecular weight is 419 g/mol. The van der Waals surface area contributed by atoms with Gasteiger partial charge in [0.2, 0.25) is 15.9 Å². The molecule has 0 bridgehead atoms. The van der Waals surface area contributed by atoms with Crippen LogP contribution in [0.5, 0.6) is 5.75 Å². The Bertz CT molecular complexity index is 837. The molecule has 0 fully saturated rings. The van der Waals surface area contributed by atoms with Crippen molar-refractivity contribution in [3.63, 3.8) is 0 Å². The molecule has 29 heavy (non-hydrogen) atoms. The Balaban J connectivity index is 1.72. The average Bonchev–Trinajstić information content (AvgIpc) is 2.72. The van der Waals surface area contributed by atoms with Crippen molar-refractivity contribution < 1.29 is 17.9 Å². The van der Waals surface area contributed by atoms with Crippen LogP contribution in [0.1, 0.15) is 45.4 Å². The minimum Gasteiger partial charge on any atom is -0.494 e. The van der Waals surface area contributed by atoms with Crippen molar-refractivity contribution in [1.82, 2.24) is 4.72 Å². The zero-order valence-corrected chi connectivity index (χ0v) is 17.7. The molecule has 0 aliphatic rings. The van der Waals surface area contributed by atoms with E-state index in [-0.39, 0.29) is 10.8 Å². The third-order valence-electron chi connectivity index (χ3n) is 4.33. The van der Waals surface area contributed by atoms with Gasteiger partial charge in [0.05, 0.1) is 11.5 Å². The second-order valence-corrected chi connectivity index (χ2v) is 8.56. The van der Waals surface area contributed by atoms with Crippen molar-refractivity contribution in [2.24, 2.45) is 0 Å². The van der Waals surface area contributed by atoms with Gasteiger partial charge in [-0.25, -0.2) is 13.1 Å². The number of carbonyl (C=O) groups excluding carboxylic acids is 1. The summed E-state index contributed by atoms with van der Waals surface area (Å²) in [6, 6.07) is 15.7. The Hall–Kier alpha value is -2.38. The van der Waals surface area contributed by atoms with Gasteiger partial charge < -0.3 is 10.1 Å². The first-order chi connectivity index (χ1) is 14.0. The third-order valence-corrected chi connectivity index (χ3v) is 5.81. The normalized spacial score (nSPS) is 11.2. The highest BCUT2D eigenvalue weighted by Gasteiger charge is 2.13. The Morgan fingerprint density at radius 1 is 0.931 bits per heavy atom. The van der Waals surface area contributed by atoms with E-state index in [1.807, 2.05) is 30.3 Å². The molecule has 0 unspecified atom stereocenters. The number of anilines is 1. The maximum absolute atomic E-state index is 12.3. The van der Waals surface area contributed by atoms with E-state index in [1.54, 1.807) is 12.1 Å². The molecule has 0 radical (unpaired) electrons. The summed E-state index contributed by atoms with van der Waals surface area (Å²) in [7, 11) is -3.52. The summed E-state index contributed by atoms with van der Waals surface area (Å²) in [6.45, 7) is 3.01. The van der Waals surface area contributed by atoms with Crippen LogP contribution in [0.3, 0.4) is 0 Å². The summed E-state index contributed by atoms with van der Waals surface area (Å²) in [5.41, 5.74) is 0.570. The number of carbonyl (C=O) groups is 1. The molecule has 0 aliphatic carbocycles. The van der Waals surface area contributed by atoms with Crippen molar-refractivity contribution >= 4 is 21.6 Å². The smallest absolute Gasteiger partial charge is 0.240 e. The fourth-order valence-corrected chi connectivity index (χ4v) is 3.80. The molecule has 0 heterocycles. The Morgan fingerprint density at radius 2 is 1.66 bits per heavy atom. The van der Waals surface area contributed by atoms with Crippen molar-refractivity contribution in [3.8, 4) is 5.75 Å². The van der Waals surface area contributed by atoms with Crippen LogP contribution >= 0.6 is 0 Å². The Kier molecular flexibility index (Phi) is 9.67. The highest BCUT2D eigenvalue weighted by molar-refractivity contribution is 7.89. The van der Waals surface area contributed by atoms with Gasteiger partial charge in [-0.1, -0.05) is 44.4 Å². The number of rotatable bonds is 13. The van der Waals surface area contributed by atoms with Gasteiger partial charge in [-0.3, -0.25) is 4.79 Å². The van der Waals surface area contributed by atoms with E-state index in [4.69, 9.17) is 4.74 Å². The molecule has 1 amide bonds. The molecule has 6 nitrogen and oxygen atoms in total. The number of sulfonamides is 1. The molecule has 2 aromatic rings. The van der Waals surface area contributed by atoms with E-state index in [2.05, 4.69) is 17.0 Å². The SMILES string of the molecule is CCCCCCNS(=O)(=O)c1ccc(NC(=O)CCCOc2ccccc2)cc1. The van der Waals surface area contributed by atoms with Gasteiger partial charge in [-0.2, -0.15) is 0 Å². The van der Waals surface area contributed by atoms with E-state index < -0.39 is 10.0 Å². The number of ether oxygens (including phenoxy) is 1. The Morgan fingerprint density at radius 3 is 2.34 bits per heavy atom. The van der Waals surface area contributed by atoms with E-state index in [0.29, 0.717) is 31.7 Å². The van der Waals surface area contributed by atoms with E-state index in [0.717, 1.165) is 31.4 Å². The quantitative estimate of drug-likeness (QED) is 0.474. The minimum absolute atomic E-state index is 0.133. The number of hydrogen-bond donors (Lipinski definition) is 2. The van der Waals surface area contributed by atoms with Gasteiger partial charge in [-0.15, -0.1) is 0 Å². The highest BCUT2D eigenvalue weighted by Crippen LogP contribution is 2.15. The van der Waals surface area contributed by atoms with Crippen LogP contribution in [-0.4, -0.2) is 27.5 Å². The van der Waals surface area contributed by atoms with Crippen molar-refractivity contribution in [2.75, 3.05) is 18.5 Å². The van der Waals surface area contributed by atoms with Crippen LogP contribution in [0.15, 0.2) is 59.5 Å². The van der Waals surface area contributed by atoms with Crippen LogP contribution in [0, 0.1) is 0 Å². The monoisotopic (exact) mass is 418 g/mol. The third kappa shape index (κ3) is 8.66. The number of amides is 1. The predicted molar refractivity (Wildman–Crippen MR) is 116 cm³/mol. The van der Waals surface area contributed by atoms with Crippen LogP contribution < -0.4 is 14.8 Å². The minimum atomic E-state index is -3.52. The van der Waals surface area contributed by atoms with E-state index in [1.165, 1.54) is 12.1 Å². The summed E-state index contributed by atoms with van der Waals surface area (Å²) in [6.07, 6.45) is 4.98. The maximum Gasteiger partial charge on any atom is 0.240 e. The molecule has 158 valence electrons. The lowest BCUT2D eigenvalue weighted by molar-refractivity contribution is -0.116. The first-order valence-corrected chi connectivity index (χ1v) is 11.6. The fourth-order valence-electron chi connectivity index (χ4n) is 2.72. The van der Waals surface area contributed by atoms with Gasteiger partial charge in [0.15, 0.2) is 0 Å². The molecule has 0 saturated carbocycles. The van der Waals surface area contributed by atoms with Crippen LogP contribution in [0.4, 0.5) is 5.69 Å². The molecular weight excluding hydrogens is 388 g/mol. The molecule has 0 aromatic heterocycles. The number of hydrogen-bond acceptors (Lipinski definition) is 4. The second kappa shape index (κ2) is 12.2. The highest BCUT2D eigenvalue weighted by atomic mass is 32.2. The predicted octanol–water partition coefficient (Wildman–Crippen LogP) is 4.34. The zero-order valence-electron chi connectivity index (χ0n) is 16.9. The van der Waals surface area contributed by atoms with Crippen molar-refractivity contribution in [3.05, 3.63) is 54.6 Å². The summed E-state index contributed by atoms with van der Waals surface area (Å²) in [4.78, 5) is 12.2. The first kappa shape index (κ1) is 22.9. The fraction of sp³-hybridized carbons (Fsp3) is 0.409. The van der Waals surface area contributed by atoms with Crippen LogP contribution in [-0.2, 0) is 14.8 Å². The van der Waals surface area contributed by atoms with Gasteiger partial charge in [0, 0.05) is 18.7 Å². The summed E-state index contributed by atoms with van der Waals surface area (Å²) in [5.74, 6) is 0.648. The molecule has 7 heteroatoms. The number of unbranched alkanes of at least 4 members (excludes halogenated alkanes) is 3. The molecule has 0 atom stereocenters. The maximum atomic E-state index is 12.3.